The third-order valence-corrected chi connectivity index (χ3v) is 2.92. The average Bonchev–Trinajstić information content (AvgIpc) is 2.63. The lowest BCUT2D eigenvalue weighted by Crippen LogP contribution is -2.01. The Balaban J connectivity index is 2.08. The Hall–Kier alpha value is -1.29. The summed E-state index contributed by atoms with van der Waals surface area (Å²) in [5.74, 6) is 0.907. The fourth-order valence-electron chi connectivity index (χ4n) is 1.45. The van der Waals surface area contributed by atoms with E-state index in [1.807, 2.05) is 42.9 Å². The molecule has 0 spiro atoms. The minimum absolute atomic E-state index is 0.541. The van der Waals surface area contributed by atoms with E-state index in [0.29, 0.717) is 6.61 Å². The van der Waals surface area contributed by atoms with Gasteiger partial charge in [-0.1, -0.05) is 15.9 Å². The second-order valence-electron chi connectivity index (χ2n) is 3.69. The molecule has 3 nitrogen and oxygen atoms in total. The molecule has 0 atom stereocenters. The van der Waals surface area contributed by atoms with Gasteiger partial charge in [0.15, 0.2) is 0 Å². The topological polar surface area (TPSA) is 27.1 Å². The third kappa shape index (κ3) is 2.44. The molecule has 0 saturated heterocycles. The van der Waals surface area contributed by atoms with Crippen LogP contribution in [0.4, 0.5) is 0 Å². The number of nitrogens with zero attached hydrogens (tertiary/aromatic N) is 2. The van der Waals surface area contributed by atoms with E-state index in [9.17, 15) is 0 Å². The molecule has 0 aliphatic rings. The van der Waals surface area contributed by atoms with Crippen molar-refractivity contribution in [2.24, 2.45) is 7.05 Å². The van der Waals surface area contributed by atoms with Crippen molar-refractivity contribution in [2.45, 2.75) is 13.5 Å². The fraction of sp³-hybridized carbons (Fsp3) is 0.250. The van der Waals surface area contributed by atoms with Gasteiger partial charge in [0, 0.05) is 11.5 Å². The molecular formula is C12H13BrN2O. The van der Waals surface area contributed by atoms with Gasteiger partial charge in [-0.25, -0.2) is 4.98 Å². The Kier molecular flexibility index (Phi) is 3.29. The maximum atomic E-state index is 5.74. The molecule has 0 aliphatic carbocycles. The number of benzene rings is 1. The highest BCUT2D eigenvalue weighted by atomic mass is 79.9. The fourth-order valence-corrected chi connectivity index (χ4v) is 1.93. The first-order chi connectivity index (χ1) is 7.66. The molecule has 2 rings (SSSR count). The van der Waals surface area contributed by atoms with Gasteiger partial charge >= 0.3 is 0 Å². The Morgan fingerprint density at radius 2 is 2.25 bits per heavy atom. The molecule has 0 saturated carbocycles. The van der Waals surface area contributed by atoms with Gasteiger partial charge in [0.1, 0.15) is 12.4 Å². The summed E-state index contributed by atoms with van der Waals surface area (Å²) < 4.78 is 8.76. The first kappa shape index (κ1) is 11.2. The molecule has 1 aromatic carbocycles. The number of hydrogen-bond donors (Lipinski definition) is 0. The van der Waals surface area contributed by atoms with Crippen LogP contribution < -0.4 is 4.74 Å². The second-order valence-corrected chi connectivity index (χ2v) is 4.61. The largest absolute Gasteiger partial charge is 0.487 e. The highest BCUT2D eigenvalue weighted by Gasteiger charge is 2.02. The minimum Gasteiger partial charge on any atom is -0.487 e. The maximum absolute atomic E-state index is 5.74. The standard InChI is InChI=1S/C12H13BrN2O/c1-9-5-10(13)3-4-12(9)16-7-11-6-14-8-15(11)2/h3-6,8H,7H2,1-2H3. The molecule has 84 valence electrons. The van der Waals surface area contributed by atoms with E-state index in [0.717, 1.165) is 21.5 Å². The van der Waals surface area contributed by atoms with Gasteiger partial charge in [-0.15, -0.1) is 0 Å². The Labute approximate surface area is 103 Å². The molecule has 16 heavy (non-hydrogen) atoms. The monoisotopic (exact) mass is 280 g/mol. The van der Waals surface area contributed by atoms with Gasteiger partial charge in [-0.05, 0) is 30.7 Å². The molecule has 2 aromatic rings. The van der Waals surface area contributed by atoms with Crippen LogP contribution in [0.25, 0.3) is 0 Å². The lowest BCUT2D eigenvalue weighted by atomic mass is 10.2. The van der Waals surface area contributed by atoms with Crippen LogP contribution in [0.2, 0.25) is 0 Å². The summed E-state index contributed by atoms with van der Waals surface area (Å²) in [4.78, 5) is 4.05. The number of aromatic nitrogens is 2. The van der Waals surface area contributed by atoms with Crippen molar-refractivity contribution in [1.82, 2.24) is 9.55 Å². The van der Waals surface area contributed by atoms with Crippen molar-refractivity contribution in [1.29, 1.82) is 0 Å². The van der Waals surface area contributed by atoms with E-state index in [4.69, 9.17) is 4.74 Å². The van der Waals surface area contributed by atoms with Gasteiger partial charge in [-0.2, -0.15) is 0 Å². The zero-order chi connectivity index (χ0) is 11.5. The molecule has 0 N–H and O–H groups in total. The van der Waals surface area contributed by atoms with Crippen LogP contribution >= 0.6 is 15.9 Å². The molecule has 4 heteroatoms. The molecule has 1 heterocycles. The van der Waals surface area contributed by atoms with E-state index in [1.54, 1.807) is 6.33 Å². The molecular weight excluding hydrogens is 268 g/mol. The predicted octanol–water partition coefficient (Wildman–Crippen LogP) is 3.07. The Morgan fingerprint density at radius 1 is 1.44 bits per heavy atom. The zero-order valence-electron chi connectivity index (χ0n) is 9.27. The number of rotatable bonds is 3. The SMILES string of the molecule is Cc1cc(Br)ccc1OCc1cncn1C. The van der Waals surface area contributed by atoms with Gasteiger partial charge in [0.2, 0.25) is 0 Å². The van der Waals surface area contributed by atoms with E-state index in [2.05, 4.69) is 20.9 Å². The van der Waals surface area contributed by atoms with Crippen LogP contribution in [0, 0.1) is 6.92 Å². The van der Waals surface area contributed by atoms with Crippen LogP contribution in [0.3, 0.4) is 0 Å². The zero-order valence-corrected chi connectivity index (χ0v) is 10.9. The summed E-state index contributed by atoms with van der Waals surface area (Å²) in [5, 5.41) is 0. The summed E-state index contributed by atoms with van der Waals surface area (Å²) in [6.45, 7) is 2.57. The minimum atomic E-state index is 0.541. The Morgan fingerprint density at radius 3 is 2.88 bits per heavy atom. The summed E-state index contributed by atoms with van der Waals surface area (Å²) in [6.07, 6.45) is 3.58. The van der Waals surface area contributed by atoms with Gasteiger partial charge in [-0.3, -0.25) is 0 Å². The normalized spacial score (nSPS) is 10.4. The van der Waals surface area contributed by atoms with Gasteiger partial charge in [0.25, 0.3) is 0 Å². The van der Waals surface area contributed by atoms with Crippen LogP contribution in [0.1, 0.15) is 11.3 Å². The molecule has 0 unspecified atom stereocenters. The second kappa shape index (κ2) is 4.70. The molecule has 0 radical (unpaired) electrons. The Bertz CT molecular complexity index is 494. The lowest BCUT2D eigenvalue weighted by Gasteiger charge is -2.09. The van der Waals surface area contributed by atoms with Crippen LogP contribution in [-0.4, -0.2) is 9.55 Å². The number of aryl methyl sites for hydroxylation is 2. The number of imidazole rings is 1. The maximum Gasteiger partial charge on any atom is 0.130 e. The van der Waals surface area contributed by atoms with E-state index >= 15 is 0 Å². The lowest BCUT2D eigenvalue weighted by molar-refractivity contribution is 0.295. The number of ether oxygens (including phenoxy) is 1. The average molecular weight is 281 g/mol. The van der Waals surface area contributed by atoms with Crippen LogP contribution in [0.5, 0.6) is 5.75 Å². The van der Waals surface area contributed by atoms with Crippen LogP contribution in [-0.2, 0) is 13.7 Å². The first-order valence-corrected chi connectivity index (χ1v) is 5.80. The summed E-state index contributed by atoms with van der Waals surface area (Å²) in [7, 11) is 1.96. The van der Waals surface area contributed by atoms with Crippen molar-refractivity contribution in [3.8, 4) is 5.75 Å². The molecule has 0 bridgehead atoms. The quantitative estimate of drug-likeness (QED) is 0.864. The van der Waals surface area contributed by atoms with Crippen molar-refractivity contribution in [3.63, 3.8) is 0 Å². The van der Waals surface area contributed by atoms with E-state index in [1.165, 1.54) is 0 Å². The summed E-state index contributed by atoms with van der Waals surface area (Å²) >= 11 is 3.43. The molecule has 1 aromatic heterocycles. The van der Waals surface area contributed by atoms with Gasteiger partial charge < -0.3 is 9.30 Å². The van der Waals surface area contributed by atoms with E-state index in [-0.39, 0.29) is 0 Å². The van der Waals surface area contributed by atoms with Crippen LogP contribution in [0.15, 0.2) is 35.2 Å². The number of halogens is 1. The third-order valence-electron chi connectivity index (χ3n) is 2.43. The summed E-state index contributed by atoms with van der Waals surface area (Å²) in [6, 6.07) is 5.99. The molecule has 0 fully saturated rings. The van der Waals surface area contributed by atoms with E-state index < -0.39 is 0 Å². The molecule has 0 amide bonds. The molecule has 0 aliphatic heterocycles. The smallest absolute Gasteiger partial charge is 0.130 e. The van der Waals surface area contributed by atoms with Crippen molar-refractivity contribution in [3.05, 3.63) is 46.5 Å². The first-order valence-electron chi connectivity index (χ1n) is 5.01. The summed E-state index contributed by atoms with van der Waals surface area (Å²) in [5.41, 5.74) is 2.18. The highest BCUT2D eigenvalue weighted by molar-refractivity contribution is 9.10. The highest BCUT2D eigenvalue weighted by Crippen LogP contribution is 2.22. The van der Waals surface area contributed by atoms with Crippen molar-refractivity contribution >= 4 is 15.9 Å². The predicted molar refractivity (Wildman–Crippen MR) is 66.4 cm³/mol. The van der Waals surface area contributed by atoms with Crippen molar-refractivity contribution in [2.75, 3.05) is 0 Å². The van der Waals surface area contributed by atoms with Gasteiger partial charge in [0.05, 0.1) is 18.2 Å². The van der Waals surface area contributed by atoms with Crippen molar-refractivity contribution < 1.29 is 4.74 Å². The number of hydrogen-bond acceptors (Lipinski definition) is 2.